The predicted molar refractivity (Wildman–Crippen MR) is 288 cm³/mol. The van der Waals surface area contributed by atoms with Crippen molar-refractivity contribution in [3.63, 3.8) is 0 Å². The number of nitrogens with one attached hydrogen (secondary N) is 1. The summed E-state index contributed by atoms with van der Waals surface area (Å²) in [6.45, 7) is 3.99. The molecule has 6 heteroatoms. The number of aliphatic hydroxyl groups excluding tert-OH is 4. The molecule has 6 nitrogen and oxygen atoms in total. The minimum Gasteiger partial charge on any atom is -0.394 e. The molecule has 0 spiro atoms. The third kappa shape index (κ3) is 47.6. The van der Waals surface area contributed by atoms with E-state index in [0.29, 0.717) is 19.3 Å². The van der Waals surface area contributed by atoms with Gasteiger partial charge in [0.1, 0.15) is 12.2 Å². The predicted octanol–water partition coefficient (Wildman–Crippen LogP) is 17.2. The smallest absolute Gasteiger partial charge is 0.249 e. The van der Waals surface area contributed by atoms with Crippen LogP contribution in [0.1, 0.15) is 309 Å². The normalized spacial score (nSPS) is 14.0. The average molecular weight is 931 g/mol. The van der Waals surface area contributed by atoms with Crippen molar-refractivity contribution in [1.82, 2.24) is 5.32 Å². The van der Waals surface area contributed by atoms with Crippen molar-refractivity contribution in [2.45, 2.75) is 334 Å². The lowest BCUT2D eigenvalue weighted by atomic mass is 10.00. The molecule has 0 heterocycles. The number of rotatable bonds is 54. The first-order valence-electron chi connectivity index (χ1n) is 29.4. The SMILES string of the molecule is CCC/C=C/CC/C=C/CC/C=C/CCCC(O)C(O)C(CO)NC(=O)C(O)CCCCCCCCCCCCCCCCCCCCCCCCCCCCCCCCCCCCCC. The van der Waals surface area contributed by atoms with E-state index in [1.807, 2.05) is 0 Å². The molecule has 0 aromatic heterocycles. The van der Waals surface area contributed by atoms with Crippen LogP contribution < -0.4 is 5.32 Å². The molecule has 0 aliphatic carbocycles. The molecular weight excluding hydrogens is 815 g/mol. The fourth-order valence-corrected chi connectivity index (χ4v) is 9.21. The highest BCUT2D eigenvalue weighted by molar-refractivity contribution is 5.80. The molecule has 0 aliphatic rings. The quantitative estimate of drug-likeness (QED) is 0.0308. The van der Waals surface area contributed by atoms with Gasteiger partial charge in [-0.15, -0.1) is 0 Å². The standard InChI is InChI=1S/C60H115NO5/c1-3-5-7-9-11-13-15-17-19-20-21-22-23-24-25-26-27-28-29-30-31-32-33-34-35-36-37-38-39-40-42-44-46-48-50-52-54-58(64)60(66)61-56(55-62)59(65)57(63)53-51-49-47-45-43-41-18-16-14-12-10-8-6-4-2/h8,10,16,18,45,47,56-59,62-65H,3-7,9,11-15,17,19-44,46,48-55H2,1-2H3,(H,61,66)/b10-8+,18-16+,47-45+. The zero-order chi connectivity index (χ0) is 48.1. The number of amides is 1. The van der Waals surface area contributed by atoms with Crippen molar-refractivity contribution >= 4 is 5.91 Å². The van der Waals surface area contributed by atoms with Crippen LogP contribution in [0.4, 0.5) is 0 Å². The number of hydrogen-bond acceptors (Lipinski definition) is 5. The second kappa shape index (κ2) is 54.5. The molecule has 0 aromatic carbocycles. The summed E-state index contributed by atoms with van der Waals surface area (Å²) >= 11 is 0. The molecule has 1 amide bonds. The molecule has 0 radical (unpaired) electrons. The van der Waals surface area contributed by atoms with Crippen LogP contribution in [0.3, 0.4) is 0 Å². The van der Waals surface area contributed by atoms with Crippen LogP contribution >= 0.6 is 0 Å². The van der Waals surface area contributed by atoms with Crippen molar-refractivity contribution in [1.29, 1.82) is 0 Å². The number of carbonyl (C=O) groups is 1. The van der Waals surface area contributed by atoms with E-state index in [0.717, 1.165) is 57.8 Å². The van der Waals surface area contributed by atoms with Crippen molar-refractivity contribution in [3.05, 3.63) is 36.5 Å². The number of hydrogen-bond donors (Lipinski definition) is 5. The summed E-state index contributed by atoms with van der Waals surface area (Å²) < 4.78 is 0. The third-order valence-electron chi connectivity index (χ3n) is 13.8. The highest BCUT2D eigenvalue weighted by Gasteiger charge is 2.28. The average Bonchev–Trinajstić information content (AvgIpc) is 3.32. The Morgan fingerprint density at radius 1 is 0.364 bits per heavy atom. The lowest BCUT2D eigenvalue weighted by molar-refractivity contribution is -0.132. The van der Waals surface area contributed by atoms with Gasteiger partial charge in [0.25, 0.3) is 0 Å². The van der Waals surface area contributed by atoms with Gasteiger partial charge in [0, 0.05) is 0 Å². The summed E-state index contributed by atoms with van der Waals surface area (Å²) in [5.41, 5.74) is 0. The van der Waals surface area contributed by atoms with Gasteiger partial charge < -0.3 is 25.7 Å². The van der Waals surface area contributed by atoms with Crippen LogP contribution in [0, 0.1) is 0 Å². The molecule has 4 unspecified atom stereocenters. The lowest BCUT2D eigenvalue weighted by Gasteiger charge is -2.27. The zero-order valence-corrected chi connectivity index (χ0v) is 44.2. The van der Waals surface area contributed by atoms with Gasteiger partial charge in [-0.1, -0.05) is 288 Å². The maximum atomic E-state index is 12.6. The van der Waals surface area contributed by atoms with Gasteiger partial charge in [-0.3, -0.25) is 4.79 Å². The van der Waals surface area contributed by atoms with Gasteiger partial charge in [-0.25, -0.2) is 0 Å². The molecule has 0 aromatic rings. The van der Waals surface area contributed by atoms with E-state index in [4.69, 9.17) is 0 Å². The van der Waals surface area contributed by atoms with Gasteiger partial charge in [-0.2, -0.15) is 0 Å². The number of carbonyl (C=O) groups excluding carboxylic acids is 1. The Morgan fingerprint density at radius 2 is 0.652 bits per heavy atom. The highest BCUT2D eigenvalue weighted by Crippen LogP contribution is 2.18. The van der Waals surface area contributed by atoms with E-state index in [9.17, 15) is 25.2 Å². The molecular formula is C60H115NO5. The van der Waals surface area contributed by atoms with E-state index < -0.39 is 36.9 Å². The van der Waals surface area contributed by atoms with Crippen molar-refractivity contribution in [3.8, 4) is 0 Å². The van der Waals surface area contributed by atoms with Crippen LogP contribution in [0.5, 0.6) is 0 Å². The van der Waals surface area contributed by atoms with Crippen LogP contribution in [-0.4, -0.2) is 57.3 Å². The molecule has 4 atom stereocenters. The van der Waals surface area contributed by atoms with Crippen LogP contribution in [-0.2, 0) is 4.79 Å². The van der Waals surface area contributed by atoms with E-state index in [1.165, 1.54) is 218 Å². The Labute approximate surface area is 411 Å². The molecule has 0 rings (SSSR count). The van der Waals surface area contributed by atoms with Gasteiger partial charge >= 0.3 is 0 Å². The van der Waals surface area contributed by atoms with Crippen LogP contribution in [0.2, 0.25) is 0 Å². The van der Waals surface area contributed by atoms with Gasteiger partial charge in [0.05, 0.1) is 18.8 Å². The molecule has 0 fully saturated rings. The van der Waals surface area contributed by atoms with Crippen LogP contribution in [0.15, 0.2) is 36.5 Å². The monoisotopic (exact) mass is 930 g/mol. The van der Waals surface area contributed by atoms with E-state index in [-0.39, 0.29) is 0 Å². The highest BCUT2D eigenvalue weighted by atomic mass is 16.3. The first-order chi connectivity index (χ1) is 32.5. The second-order valence-electron chi connectivity index (χ2n) is 20.3. The Balaban J connectivity index is 3.52. The summed E-state index contributed by atoms with van der Waals surface area (Å²) in [4.78, 5) is 12.6. The molecule has 0 aliphatic heterocycles. The summed E-state index contributed by atoms with van der Waals surface area (Å²) in [5, 5.41) is 43.8. The maximum Gasteiger partial charge on any atom is 0.249 e. The van der Waals surface area contributed by atoms with Crippen molar-refractivity contribution in [2.75, 3.05) is 6.61 Å². The number of unbranched alkanes of at least 4 members (excludes halogenated alkanes) is 39. The van der Waals surface area contributed by atoms with Crippen molar-refractivity contribution < 1.29 is 25.2 Å². The first-order valence-corrected chi connectivity index (χ1v) is 29.4. The minimum absolute atomic E-state index is 0.362. The lowest BCUT2D eigenvalue weighted by Crippen LogP contribution is -2.53. The fraction of sp³-hybridized carbons (Fsp3) is 0.883. The Morgan fingerprint density at radius 3 is 0.955 bits per heavy atom. The molecule has 390 valence electrons. The number of allylic oxidation sites excluding steroid dienone is 6. The molecule has 66 heavy (non-hydrogen) atoms. The summed E-state index contributed by atoms with van der Waals surface area (Å²) in [6.07, 6.45) is 68.2. The molecule has 5 N–H and O–H groups in total. The maximum absolute atomic E-state index is 12.6. The molecule has 0 saturated heterocycles. The third-order valence-corrected chi connectivity index (χ3v) is 13.8. The largest absolute Gasteiger partial charge is 0.394 e. The minimum atomic E-state index is -1.29. The number of aliphatic hydroxyl groups is 4. The van der Waals surface area contributed by atoms with Crippen molar-refractivity contribution in [2.24, 2.45) is 0 Å². The van der Waals surface area contributed by atoms with E-state index >= 15 is 0 Å². The molecule has 0 saturated carbocycles. The Kier molecular flexibility index (Phi) is 53.3. The Hall–Kier alpha value is -1.47. The van der Waals surface area contributed by atoms with Gasteiger partial charge in [0.15, 0.2) is 0 Å². The second-order valence-corrected chi connectivity index (χ2v) is 20.3. The first kappa shape index (κ1) is 64.5. The van der Waals surface area contributed by atoms with Gasteiger partial charge in [0.2, 0.25) is 5.91 Å². The zero-order valence-electron chi connectivity index (χ0n) is 44.2. The summed E-state index contributed by atoms with van der Waals surface area (Å²) in [6, 6.07) is -1.01. The fourth-order valence-electron chi connectivity index (χ4n) is 9.21. The van der Waals surface area contributed by atoms with Gasteiger partial charge in [-0.05, 0) is 57.8 Å². The van der Waals surface area contributed by atoms with E-state index in [1.54, 1.807) is 0 Å². The van der Waals surface area contributed by atoms with E-state index in [2.05, 4.69) is 55.6 Å². The topological polar surface area (TPSA) is 110 Å². The van der Waals surface area contributed by atoms with Crippen LogP contribution in [0.25, 0.3) is 0 Å². The molecule has 0 bridgehead atoms. The Bertz CT molecular complexity index is 1040. The summed E-state index contributed by atoms with van der Waals surface area (Å²) in [5.74, 6) is -0.596. The summed E-state index contributed by atoms with van der Waals surface area (Å²) in [7, 11) is 0.